The summed E-state index contributed by atoms with van der Waals surface area (Å²) in [5, 5.41) is 3.87. The summed E-state index contributed by atoms with van der Waals surface area (Å²) in [5.41, 5.74) is 6.89. The number of aromatic amines is 1. The Hall–Kier alpha value is -2.30. The van der Waals surface area contributed by atoms with Gasteiger partial charge < -0.3 is 19.9 Å². The molecule has 2 aliphatic rings. The Kier molecular flexibility index (Phi) is 4.83. The predicted octanol–water partition coefficient (Wildman–Crippen LogP) is 1.95. The molecule has 2 aliphatic heterocycles. The summed E-state index contributed by atoms with van der Waals surface area (Å²) < 4.78 is 5.72. The van der Waals surface area contributed by atoms with Gasteiger partial charge in [-0.2, -0.15) is 0 Å². The Morgan fingerprint density at radius 3 is 2.82 bits per heavy atom. The number of aromatic nitrogens is 1. The van der Waals surface area contributed by atoms with Crippen LogP contribution in [0.25, 0.3) is 10.9 Å². The van der Waals surface area contributed by atoms with Crippen LogP contribution >= 0.6 is 0 Å². The van der Waals surface area contributed by atoms with Crippen LogP contribution in [0, 0.1) is 0 Å². The number of nitrogens with one attached hydrogen (secondary N) is 2. The van der Waals surface area contributed by atoms with Gasteiger partial charge in [0.25, 0.3) is 0 Å². The molecule has 28 heavy (non-hydrogen) atoms. The molecule has 4 heteroatoms. The van der Waals surface area contributed by atoms with Crippen molar-refractivity contribution in [1.29, 1.82) is 0 Å². The number of methoxy groups -OCH3 is 1. The molecule has 0 radical (unpaired) electrons. The van der Waals surface area contributed by atoms with Gasteiger partial charge in [0.2, 0.25) is 0 Å². The van der Waals surface area contributed by atoms with Crippen LogP contribution in [0.4, 0.5) is 0 Å². The first-order valence-corrected chi connectivity index (χ1v) is 10.8. The maximum absolute atomic E-state index is 5.72. The van der Waals surface area contributed by atoms with Crippen molar-refractivity contribution in [3.63, 3.8) is 0 Å². The molecule has 4 nitrogen and oxygen atoms in total. The van der Waals surface area contributed by atoms with Gasteiger partial charge in [-0.1, -0.05) is 18.2 Å². The quantitative estimate of drug-likeness (QED) is 0.639. The summed E-state index contributed by atoms with van der Waals surface area (Å²) in [6, 6.07) is 15.9. The molecule has 0 aliphatic carbocycles. The van der Waals surface area contributed by atoms with Crippen LogP contribution in [-0.4, -0.2) is 31.7 Å². The highest BCUT2D eigenvalue weighted by molar-refractivity contribution is 5.85. The number of fused-ring (bicyclic) bond motifs is 3. The SMILES string of the molecule is COc1ccc([C@H]2[NH2+]CCc3c2[nH]c2ccccc32)cc1C[NH+]1CCCCC1. The van der Waals surface area contributed by atoms with Crippen LogP contribution in [0.15, 0.2) is 42.5 Å². The first-order chi connectivity index (χ1) is 13.8. The Morgan fingerprint density at radius 2 is 1.96 bits per heavy atom. The molecule has 1 fully saturated rings. The lowest BCUT2D eigenvalue weighted by Crippen LogP contribution is -3.11. The third-order valence-electron chi connectivity index (χ3n) is 6.62. The van der Waals surface area contributed by atoms with E-state index in [-0.39, 0.29) is 0 Å². The molecule has 3 heterocycles. The van der Waals surface area contributed by atoms with Crippen LogP contribution in [-0.2, 0) is 13.0 Å². The van der Waals surface area contributed by atoms with E-state index in [0.29, 0.717) is 6.04 Å². The fourth-order valence-corrected chi connectivity index (χ4v) is 5.20. The molecule has 146 valence electrons. The molecule has 5 rings (SSSR count). The second-order valence-corrected chi connectivity index (χ2v) is 8.37. The highest BCUT2D eigenvalue weighted by Gasteiger charge is 2.29. The molecule has 1 aromatic heterocycles. The van der Waals surface area contributed by atoms with E-state index >= 15 is 0 Å². The molecule has 0 saturated carbocycles. The standard InChI is InChI=1S/C24H29N3O/c1-28-22-10-9-17(15-18(22)16-27-13-5-2-6-14-27)23-24-20(11-12-25-23)19-7-3-4-8-21(19)26-24/h3-4,7-10,15,23,25-26H,2,5-6,11-14,16H2,1H3/p+2/t23-/m1/s1. The third kappa shape index (κ3) is 3.21. The summed E-state index contributed by atoms with van der Waals surface area (Å²) in [7, 11) is 1.80. The number of piperidine rings is 1. The van der Waals surface area contributed by atoms with E-state index in [1.807, 2.05) is 0 Å². The zero-order chi connectivity index (χ0) is 18.9. The van der Waals surface area contributed by atoms with Crippen LogP contribution in [0.3, 0.4) is 0 Å². The van der Waals surface area contributed by atoms with Crippen molar-refractivity contribution in [3.05, 3.63) is 64.8 Å². The number of H-pyrrole nitrogens is 1. The van der Waals surface area contributed by atoms with Gasteiger partial charge in [0.15, 0.2) is 6.04 Å². The van der Waals surface area contributed by atoms with E-state index in [1.54, 1.807) is 12.0 Å². The Bertz CT molecular complexity index is 971. The molecule has 4 N–H and O–H groups in total. The fraction of sp³-hybridized carbons (Fsp3) is 0.417. The monoisotopic (exact) mass is 377 g/mol. The highest BCUT2D eigenvalue weighted by Crippen LogP contribution is 2.32. The van der Waals surface area contributed by atoms with Crippen molar-refractivity contribution < 1.29 is 15.0 Å². The number of rotatable bonds is 4. The smallest absolute Gasteiger partial charge is 0.153 e. The second-order valence-electron chi connectivity index (χ2n) is 8.37. The number of ether oxygens (including phenoxy) is 1. The van der Waals surface area contributed by atoms with E-state index in [2.05, 4.69) is 52.8 Å². The molecule has 1 atom stereocenters. The third-order valence-corrected chi connectivity index (χ3v) is 6.62. The molecule has 0 amide bonds. The van der Waals surface area contributed by atoms with E-state index in [4.69, 9.17) is 4.74 Å². The molecule has 0 spiro atoms. The maximum Gasteiger partial charge on any atom is 0.153 e. The van der Waals surface area contributed by atoms with E-state index in [9.17, 15) is 0 Å². The summed E-state index contributed by atoms with van der Waals surface area (Å²) in [6.45, 7) is 4.78. The van der Waals surface area contributed by atoms with Crippen molar-refractivity contribution in [2.45, 2.75) is 38.3 Å². The summed E-state index contributed by atoms with van der Waals surface area (Å²) in [4.78, 5) is 5.42. The Balaban J connectivity index is 1.51. The van der Waals surface area contributed by atoms with Crippen LogP contribution in [0.2, 0.25) is 0 Å². The van der Waals surface area contributed by atoms with Gasteiger partial charge in [0.05, 0.1) is 32.4 Å². The van der Waals surface area contributed by atoms with Gasteiger partial charge in [-0.15, -0.1) is 0 Å². The summed E-state index contributed by atoms with van der Waals surface area (Å²) in [6.07, 6.45) is 5.23. The average molecular weight is 378 g/mol. The van der Waals surface area contributed by atoms with Crippen molar-refractivity contribution in [2.24, 2.45) is 0 Å². The summed E-state index contributed by atoms with van der Waals surface area (Å²) in [5.74, 6) is 1.04. The normalized spacial score (nSPS) is 20.2. The van der Waals surface area contributed by atoms with Crippen molar-refractivity contribution >= 4 is 10.9 Å². The van der Waals surface area contributed by atoms with Gasteiger partial charge in [0.1, 0.15) is 12.3 Å². The first kappa shape index (κ1) is 17.8. The maximum atomic E-state index is 5.72. The molecule has 0 bridgehead atoms. The Labute approximate surface area is 166 Å². The number of para-hydroxylation sites is 1. The topological polar surface area (TPSA) is 46.1 Å². The predicted molar refractivity (Wildman–Crippen MR) is 112 cm³/mol. The van der Waals surface area contributed by atoms with Crippen molar-refractivity contribution in [1.82, 2.24) is 4.98 Å². The number of benzene rings is 2. The largest absolute Gasteiger partial charge is 0.496 e. The van der Waals surface area contributed by atoms with Crippen LogP contribution in [0.1, 0.15) is 47.7 Å². The zero-order valence-electron chi connectivity index (χ0n) is 16.8. The molecule has 3 aromatic rings. The number of hydrogen-bond donors (Lipinski definition) is 3. The number of nitrogens with two attached hydrogens (primary N) is 1. The molecule has 1 saturated heterocycles. The van der Waals surface area contributed by atoms with E-state index < -0.39 is 0 Å². The fourth-order valence-electron chi connectivity index (χ4n) is 5.20. The van der Waals surface area contributed by atoms with Crippen molar-refractivity contribution in [3.8, 4) is 5.75 Å². The molecular weight excluding hydrogens is 346 g/mol. The molecule has 2 aromatic carbocycles. The average Bonchev–Trinajstić information content (AvgIpc) is 3.13. The molecule has 0 unspecified atom stereocenters. The second kappa shape index (κ2) is 7.61. The minimum atomic E-state index is 0.345. The minimum absolute atomic E-state index is 0.345. The molecular formula is C24H31N3O+2. The van der Waals surface area contributed by atoms with Gasteiger partial charge in [0, 0.05) is 28.5 Å². The highest BCUT2D eigenvalue weighted by atomic mass is 16.5. The van der Waals surface area contributed by atoms with E-state index in [1.165, 1.54) is 65.6 Å². The minimum Gasteiger partial charge on any atom is -0.496 e. The lowest BCUT2D eigenvalue weighted by Gasteiger charge is -2.26. The lowest BCUT2D eigenvalue weighted by molar-refractivity contribution is -0.918. The first-order valence-electron chi connectivity index (χ1n) is 10.8. The van der Waals surface area contributed by atoms with Gasteiger partial charge in [-0.3, -0.25) is 0 Å². The summed E-state index contributed by atoms with van der Waals surface area (Å²) >= 11 is 0. The van der Waals surface area contributed by atoms with Gasteiger partial charge >= 0.3 is 0 Å². The van der Waals surface area contributed by atoms with Gasteiger partial charge in [-0.05, 0) is 49.1 Å². The Morgan fingerprint density at radius 1 is 1.11 bits per heavy atom. The lowest BCUT2D eigenvalue weighted by atomic mass is 9.93. The van der Waals surface area contributed by atoms with Crippen LogP contribution in [0.5, 0.6) is 5.75 Å². The zero-order valence-corrected chi connectivity index (χ0v) is 16.8. The number of hydrogen-bond acceptors (Lipinski definition) is 1. The number of quaternary nitrogens is 2. The van der Waals surface area contributed by atoms with Crippen LogP contribution < -0.4 is 15.0 Å². The van der Waals surface area contributed by atoms with Crippen molar-refractivity contribution in [2.75, 3.05) is 26.7 Å². The van der Waals surface area contributed by atoms with E-state index in [0.717, 1.165) is 25.3 Å². The van der Waals surface area contributed by atoms with Gasteiger partial charge in [-0.25, -0.2) is 0 Å². The number of likely N-dealkylation sites (tertiary alicyclic amines) is 1.